The van der Waals surface area contributed by atoms with Gasteiger partial charge in [-0.05, 0) is 64.2 Å². The lowest BCUT2D eigenvalue weighted by Gasteiger charge is -1.99. The van der Waals surface area contributed by atoms with Crippen molar-refractivity contribution in [3.63, 3.8) is 0 Å². The molecule has 0 aromatic carbocycles. The Hall–Kier alpha value is -1.66. The average Bonchev–Trinajstić information content (AvgIpc) is 3.01. The fourth-order valence-corrected chi connectivity index (χ4v) is 4.69. The Balaban J connectivity index is -0.000000680. The normalized spacial score (nSPS) is 10.9. The second-order valence-corrected chi connectivity index (χ2v) is 12.0. The molecule has 0 aliphatic heterocycles. The van der Waals surface area contributed by atoms with E-state index in [1.54, 1.807) is 0 Å². The van der Waals surface area contributed by atoms with Gasteiger partial charge in [0.1, 0.15) is 0 Å². The van der Waals surface area contributed by atoms with E-state index in [1.807, 2.05) is 0 Å². The maximum atomic E-state index is 10.3. The van der Waals surface area contributed by atoms with E-state index in [9.17, 15) is 9.59 Å². The van der Waals surface area contributed by atoms with E-state index in [1.165, 1.54) is 141 Å². The SMILES string of the molecule is CCCCCCCC/C=C\CCCCCCCC(=O)O.CCCCCCCC/C=C\CCCCCCCC(=O)O.NCCN. The van der Waals surface area contributed by atoms with Crippen LogP contribution in [0, 0.1) is 0 Å². The highest BCUT2D eigenvalue weighted by molar-refractivity contribution is 5.66. The zero-order valence-corrected chi connectivity index (χ0v) is 29.4. The molecule has 0 saturated carbocycles. The van der Waals surface area contributed by atoms with Crippen molar-refractivity contribution in [3.05, 3.63) is 24.3 Å². The fourth-order valence-electron chi connectivity index (χ4n) is 4.69. The van der Waals surface area contributed by atoms with Crippen LogP contribution in [0.4, 0.5) is 0 Å². The largest absolute Gasteiger partial charge is 0.481 e. The van der Waals surface area contributed by atoms with Gasteiger partial charge in [-0.25, -0.2) is 0 Å². The van der Waals surface area contributed by atoms with Gasteiger partial charge < -0.3 is 21.7 Å². The van der Waals surface area contributed by atoms with Crippen molar-refractivity contribution in [1.82, 2.24) is 0 Å². The molecule has 0 unspecified atom stereocenters. The van der Waals surface area contributed by atoms with Crippen molar-refractivity contribution in [2.45, 2.75) is 194 Å². The van der Waals surface area contributed by atoms with Gasteiger partial charge in [0.05, 0.1) is 0 Å². The zero-order chi connectivity index (χ0) is 33.2. The number of unbranched alkanes of at least 4 members (excludes halogenated alkanes) is 22. The van der Waals surface area contributed by atoms with E-state index in [2.05, 4.69) is 38.2 Å². The highest BCUT2D eigenvalue weighted by atomic mass is 16.4. The van der Waals surface area contributed by atoms with Crippen molar-refractivity contribution in [2.24, 2.45) is 11.5 Å². The second kappa shape index (κ2) is 45.8. The first kappa shape index (κ1) is 46.8. The second-order valence-electron chi connectivity index (χ2n) is 12.0. The van der Waals surface area contributed by atoms with Gasteiger partial charge in [0.2, 0.25) is 0 Å². The van der Waals surface area contributed by atoms with E-state index < -0.39 is 11.9 Å². The molecule has 0 aliphatic rings. The summed E-state index contributed by atoms with van der Waals surface area (Å²) in [4.78, 5) is 20.6. The minimum atomic E-state index is -0.664. The standard InChI is InChI=1S/2C18H34O2.C2H8N2/c2*1-2-3-4-5-6-7-8-9-10-11-12-13-14-15-16-17-18(19)20;3-1-2-4/h2*9-10H,2-8,11-17H2,1H3,(H,19,20);1-4H2/b2*10-9-;. The summed E-state index contributed by atoms with van der Waals surface area (Å²) in [6.45, 7) is 5.71. The first-order valence-electron chi connectivity index (χ1n) is 18.6. The topological polar surface area (TPSA) is 127 Å². The van der Waals surface area contributed by atoms with Crippen molar-refractivity contribution in [2.75, 3.05) is 13.1 Å². The van der Waals surface area contributed by atoms with Crippen molar-refractivity contribution in [3.8, 4) is 0 Å². The monoisotopic (exact) mass is 625 g/mol. The van der Waals surface area contributed by atoms with Crippen molar-refractivity contribution in [1.29, 1.82) is 0 Å². The number of carboxylic acid groups (broad SMARTS) is 2. The Labute approximate surface area is 273 Å². The van der Waals surface area contributed by atoms with E-state index >= 15 is 0 Å². The summed E-state index contributed by atoms with van der Waals surface area (Å²) in [6.07, 6.45) is 42.5. The van der Waals surface area contributed by atoms with E-state index in [-0.39, 0.29) is 0 Å². The third-order valence-corrected chi connectivity index (χ3v) is 7.47. The van der Waals surface area contributed by atoms with Gasteiger partial charge in [0.15, 0.2) is 0 Å². The number of allylic oxidation sites excluding steroid dienone is 4. The maximum absolute atomic E-state index is 10.3. The molecular weight excluding hydrogens is 548 g/mol. The maximum Gasteiger partial charge on any atom is 0.303 e. The van der Waals surface area contributed by atoms with Crippen LogP contribution in [-0.4, -0.2) is 35.2 Å². The lowest BCUT2D eigenvalue weighted by atomic mass is 10.1. The molecule has 0 spiro atoms. The lowest BCUT2D eigenvalue weighted by molar-refractivity contribution is -0.138. The Morgan fingerprint density at radius 3 is 0.864 bits per heavy atom. The molecule has 0 fully saturated rings. The molecule has 6 nitrogen and oxygen atoms in total. The third kappa shape index (κ3) is 56.2. The number of nitrogens with two attached hydrogens (primary N) is 2. The minimum Gasteiger partial charge on any atom is -0.481 e. The van der Waals surface area contributed by atoms with Gasteiger partial charge in [0.25, 0.3) is 0 Å². The Kier molecular flexibility index (Phi) is 48.6. The van der Waals surface area contributed by atoms with Crippen LogP contribution in [0.5, 0.6) is 0 Å². The molecule has 0 heterocycles. The molecule has 262 valence electrons. The van der Waals surface area contributed by atoms with Crippen LogP contribution >= 0.6 is 0 Å². The zero-order valence-electron chi connectivity index (χ0n) is 29.4. The van der Waals surface area contributed by atoms with E-state index in [0.717, 1.165) is 25.7 Å². The summed E-state index contributed by atoms with van der Waals surface area (Å²) >= 11 is 0. The minimum absolute atomic E-state index is 0.332. The highest BCUT2D eigenvalue weighted by Gasteiger charge is 1.97. The molecule has 0 radical (unpaired) electrons. The summed E-state index contributed by atoms with van der Waals surface area (Å²) in [5.41, 5.74) is 9.81. The Morgan fingerprint density at radius 2 is 0.636 bits per heavy atom. The summed E-state index contributed by atoms with van der Waals surface area (Å²) in [6, 6.07) is 0. The van der Waals surface area contributed by atoms with Gasteiger partial charge in [-0.1, -0.05) is 141 Å². The molecule has 0 rings (SSSR count). The summed E-state index contributed by atoms with van der Waals surface area (Å²) in [5, 5.41) is 17.0. The van der Waals surface area contributed by atoms with Crippen LogP contribution in [0.3, 0.4) is 0 Å². The summed E-state index contributed by atoms with van der Waals surface area (Å²) < 4.78 is 0. The van der Waals surface area contributed by atoms with Gasteiger partial charge in [0, 0.05) is 25.9 Å². The predicted molar refractivity (Wildman–Crippen MR) is 192 cm³/mol. The van der Waals surface area contributed by atoms with Crippen LogP contribution in [0.25, 0.3) is 0 Å². The number of hydrogen-bond acceptors (Lipinski definition) is 4. The van der Waals surface area contributed by atoms with Crippen LogP contribution < -0.4 is 11.5 Å². The van der Waals surface area contributed by atoms with Gasteiger partial charge >= 0.3 is 11.9 Å². The lowest BCUT2D eigenvalue weighted by Crippen LogP contribution is -2.11. The van der Waals surface area contributed by atoms with Crippen molar-refractivity contribution < 1.29 is 19.8 Å². The predicted octanol–water partition coefficient (Wildman–Crippen LogP) is 11.1. The molecule has 0 atom stereocenters. The highest BCUT2D eigenvalue weighted by Crippen LogP contribution is 2.11. The molecule has 0 aromatic rings. The first-order chi connectivity index (χ1) is 21.5. The molecule has 0 aliphatic carbocycles. The molecule has 6 N–H and O–H groups in total. The molecule has 0 amide bonds. The smallest absolute Gasteiger partial charge is 0.303 e. The van der Waals surface area contributed by atoms with Crippen LogP contribution in [0.15, 0.2) is 24.3 Å². The average molecular weight is 625 g/mol. The van der Waals surface area contributed by atoms with Gasteiger partial charge in [-0.3, -0.25) is 9.59 Å². The Morgan fingerprint density at radius 1 is 0.409 bits per heavy atom. The summed E-state index contributed by atoms with van der Waals surface area (Å²) in [7, 11) is 0. The molecule has 0 aromatic heterocycles. The quantitative estimate of drug-likeness (QED) is 0.0449. The number of carboxylic acids is 2. The number of hydrogen-bond donors (Lipinski definition) is 4. The molecule has 0 saturated heterocycles. The summed E-state index contributed by atoms with van der Waals surface area (Å²) in [5.74, 6) is -1.33. The molecular formula is C38H76N2O4. The molecule has 44 heavy (non-hydrogen) atoms. The number of aliphatic carboxylic acids is 2. The van der Waals surface area contributed by atoms with Crippen LogP contribution in [0.1, 0.15) is 194 Å². The van der Waals surface area contributed by atoms with Gasteiger partial charge in [-0.2, -0.15) is 0 Å². The van der Waals surface area contributed by atoms with Crippen LogP contribution in [0.2, 0.25) is 0 Å². The fraction of sp³-hybridized carbons (Fsp3) is 0.842. The van der Waals surface area contributed by atoms with Gasteiger partial charge in [-0.15, -0.1) is 0 Å². The van der Waals surface area contributed by atoms with E-state index in [0.29, 0.717) is 25.9 Å². The third-order valence-electron chi connectivity index (χ3n) is 7.47. The van der Waals surface area contributed by atoms with Crippen molar-refractivity contribution >= 4 is 11.9 Å². The number of rotatable bonds is 31. The van der Waals surface area contributed by atoms with E-state index in [4.69, 9.17) is 21.7 Å². The van der Waals surface area contributed by atoms with Crippen LogP contribution in [-0.2, 0) is 9.59 Å². The molecule has 0 bridgehead atoms. The first-order valence-corrected chi connectivity index (χ1v) is 18.6. The Bertz CT molecular complexity index is 556. The number of carbonyl (C=O) groups is 2. The molecule has 6 heteroatoms.